The molecule has 0 atom stereocenters. The molecule has 4 heteroatoms. The highest BCUT2D eigenvalue weighted by Gasteiger charge is 2.11. The molecule has 3 aromatic rings. The summed E-state index contributed by atoms with van der Waals surface area (Å²) in [6, 6.07) is 8.21. The second-order valence-corrected chi connectivity index (χ2v) is 4.45. The lowest BCUT2D eigenvalue weighted by molar-refractivity contribution is 0.954. The van der Waals surface area contributed by atoms with Crippen molar-refractivity contribution in [3.8, 4) is 11.1 Å². The lowest BCUT2D eigenvalue weighted by atomic mass is 10.1. The van der Waals surface area contributed by atoms with Crippen LogP contribution in [0.1, 0.15) is 5.56 Å². The molecule has 0 saturated heterocycles. The highest BCUT2D eigenvalue weighted by Crippen LogP contribution is 2.26. The minimum absolute atomic E-state index is 0.110. The van der Waals surface area contributed by atoms with Gasteiger partial charge in [0.05, 0.1) is 6.33 Å². The van der Waals surface area contributed by atoms with Crippen molar-refractivity contribution < 1.29 is 0 Å². The molecule has 0 aliphatic heterocycles. The zero-order valence-electron chi connectivity index (χ0n) is 10.3. The zero-order valence-corrected chi connectivity index (χ0v) is 10.3. The third kappa shape index (κ3) is 1.54. The number of aromatic amines is 1. The van der Waals surface area contributed by atoms with Crippen molar-refractivity contribution in [3.63, 3.8) is 0 Å². The topological polar surface area (TPSA) is 50.7 Å². The van der Waals surface area contributed by atoms with Gasteiger partial charge in [-0.2, -0.15) is 0 Å². The maximum atomic E-state index is 11.8. The highest BCUT2D eigenvalue weighted by molar-refractivity contribution is 5.92. The SMILES string of the molecule is Cc1ccc(-c2cn(C)c3c(=O)[nH]cnc23)cc1. The predicted octanol–water partition coefficient (Wildman–Crippen LogP) is 2.24. The van der Waals surface area contributed by atoms with Crippen LogP contribution in [0.25, 0.3) is 22.2 Å². The molecular formula is C14H13N3O. The third-order valence-corrected chi connectivity index (χ3v) is 3.12. The summed E-state index contributed by atoms with van der Waals surface area (Å²) in [5, 5.41) is 0. The van der Waals surface area contributed by atoms with Crippen molar-refractivity contribution in [2.24, 2.45) is 7.05 Å². The van der Waals surface area contributed by atoms with Crippen molar-refractivity contribution in [3.05, 3.63) is 52.7 Å². The van der Waals surface area contributed by atoms with Crippen LogP contribution in [0.4, 0.5) is 0 Å². The monoisotopic (exact) mass is 239 g/mol. The molecule has 0 fully saturated rings. The van der Waals surface area contributed by atoms with E-state index in [0.717, 1.165) is 16.6 Å². The lowest BCUT2D eigenvalue weighted by Crippen LogP contribution is -2.08. The van der Waals surface area contributed by atoms with E-state index in [1.165, 1.54) is 11.9 Å². The van der Waals surface area contributed by atoms with Crippen LogP contribution in [-0.4, -0.2) is 14.5 Å². The summed E-state index contributed by atoms with van der Waals surface area (Å²) in [6.45, 7) is 2.05. The Morgan fingerprint density at radius 2 is 1.94 bits per heavy atom. The van der Waals surface area contributed by atoms with Gasteiger partial charge in [0.25, 0.3) is 5.56 Å². The van der Waals surface area contributed by atoms with Gasteiger partial charge in [-0.3, -0.25) is 4.79 Å². The molecule has 0 saturated carbocycles. The fourth-order valence-electron chi connectivity index (χ4n) is 2.18. The number of fused-ring (bicyclic) bond motifs is 1. The second kappa shape index (κ2) is 3.84. The molecule has 0 aliphatic carbocycles. The number of benzene rings is 1. The lowest BCUT2D eigenvalue weighted by Gasteiger charge is -1.99. The fraction of sp³-hybridized carbons (Fsp3) is 0.143. The van der Waals surface area contributed by atoms with Crippen LogP contribution < -0.4 is 5.56 Å². The van der Waals surface area contributed by atoms with Crippen molar-refractivity contribution in [2.45, 2.75) is 6.92 Å². The summed E-state index contributed by atoms with van der Waals surface area (Å²) in [5.74, 6) is 0. The first-order chi connectivity index (χ1) is 8.66. The minimum atomic E-state index is -0.110. The van der Waals surface area contributed by atoms with Crippen LogP contribution in [0.3, 0.4) is 0 Å². The molecule has 2 heterocycles. The van der Waals surface area contributed by atoms with E-state index in [0.29, 0.717) is 5.52 Å². The molecule has 0 radical (unpaired) electrons. The van der Waals surface area contributed by atoms with E-state index in [2.05, 4.69) is 29.0 Å². The summed E-state index contributed by atoms with van der Waals surface area (Å²) in [7, 11) is 1.86. The van der Waals surface area contributed by atoms with Crippen LogP contribution in [0.15, 0.2) is 41.6 Å². The Labute approximate surface area is 104 Å². The number of hydrogen-bond acceptors (Lipinski definition) is 2. The Morgan fingerprint density at radius 1 is 1.22 bits per heavy atom. The Kier molecular flexibility index (Phi) is 2.30. The number of aryl methyl sites for hydroxylation is 2. The highest BCUT2D eigenvalue weighted by atomic mass is 16.1. The number of nitrogens with zero attached hydrogens (tertiary/aromatic N) is 2. The molecule has 0 unspecified atom stereocenters. The molecule has 4 nitrogen and oxygen atoms in total. The largest absolute Gasteiger partial charge is 0.344 e. The average Bonchev–Trinajstić information content (AvgIpc) is 2.69. The molecular weight excluding hydrogens is 226 g/mol. The Bertz CT molecular complexity index is 766. The summed E-state index contributed by atoms with van der Waals surface area (Å²) < 4.78 is 1.82. The van der Waals surface area contributed by atoms with E-state index in [-0.39, 0.29) is 5.56 Å². The molecule has 18 heavy (non-hydrogen) atoms. The summed E-state index contributed by atoms with van der Waals surface area (Å²) in [5.41, 5.74) is 4.51. The molecule has 90 valence electrons. The Morgan fingerprint density at radius 3 is 2.67 bits per heavy atom. The van der Waals surface area contributed by atoms with Crippen molar-refractivity contribution in [2.75, 3.05) is 0 Å². The van der Waals surface area contributed by atoms with E-state index < -0.39 is 0 Å². The standard InChI is InChI=1S/C14H13N3O/c1-9-3-5-10(6-4-9)11-7-17(2)13-12(11)15-8-16-14(13)18/h3-8H,1-2H3,(H,15,16,18). The van der Waals surface area contributed by atoms with E-state index in [4.69, 9.17) is 0 Å². The van der Waals surface area contributed by atoms with Crippen LogP contribution in [0.5, 0.6) is 0 Å². The van der Waals surface area contributed by atoms with E-state index >= 15 is 0 Å². The van der Waals surface area contributed by atoms with Gasteiger partial charge in [-0.25, -0.2) is 4.98 Å². The van der Waals surface area contributed by atoms with Crippen LogP contribution >= 0.6 is 0 Å². The van der Waals surface area contributed by atoms with Crippen molar-refractivity contribution in [1.82, 2.24) is 14.5 Å². The van der Waals surface area contributed by atoms with E-state index in [9.17, 15) is 4.79 Å². The maximum absolute atomic E-state index is 11.8. The summed E-state index contributed by atoms with van der Waals surface area (Å²) in [4.78, 5) is 18.7. The molecule has 0 spiro atoms. The van der Waals surface area contributed by atoms with Crippen LogP contribution in [0.2, 0.25) is 0 Å². The molecule has 1 aromatic carbocycles. The maximum Gasteiger partial charge on any atom is 0.275 e. The quantitative estimate of drug-likeness (QED) is 0.708. The fourth-order valence-corrected chi connectivity index (χ4v) is 2.18. The van der Waals surface area contributed by atoms with Gasteiger partial charge in [-0.15, -0.1) is 0 Å². The van der Waals surface area contributed by atoms with Gasteiger partial charge in [0.2, 0.25) is 0 Å². The van der Waals surface area contributed by atoms with E-state index in [1.807, 2.05) is 29.9 Å². The van der Waals surface area contributed by atoms with Gasteiger partial charge in [0.15, 0.2) is 0 Å². The first-order valence-corrected chi connectivity index (χ1v) is 5.76. The van der Waals surface area contributed by atoms with Crippen LogP contribution in [0, 0.1) is 6.92 Å². The third-order valence-electron chi connectivity index (χ3n) is 3.12. The van der Waals surface area contributed by atoms with E-state index in [1.54, 1.807) is 0 Å². The second-order valence-electron chi connectivity index (χ2n) is 4.45. The van der Waals surface area contributed by atoms with Gasteiger partial charge in [-0.05, 0) is 12.5 Å². The molecule has 0 aliphatic rings. The van der Waals surface area contributed by atoms with Gasteiger partial charge < -0.3 is 9.55 Å². The molecule has 0 amide bonds. The van der Waals surface area contributed by atoms with Gasteiger partial charge >= 0.3 is 0 Å². The van der Waals surface area contributed by atoms with Gasteiger partial charge in [-0.1, -0.05) is 29.8 Å². The molecule has 0 bridgehead atoms. The first kappa shape index (κ1) is 10.8. The molecule has 3 rings (SSSR count). The summed E-state index contributed by atoms with van der Waals surface area (Å²) in [6.07, 6.45) is 3.39. The number of hydrogen-bond donors (Lipinski definition) is 1. The predicted molar refractivity (Wildman–Crippen MR) is 71.5 cm³/mol. The van der Waals surface area contributed by atoms with Crippen LogP contribution in [-0.2, 0) is 7.05 Å². The molecule has 1 N–H and O–H groups in total. The molecule has 2 aromatic heterocycles. The number of aromatic nitrogens is 3. The van der Waals surface area contributed by atoms with Crippen molar-refractivity contribution in [1.29, 1.82) is 0 Å². The summed E-state index contributed by atoms with van der Waals surface area (Å²) >= 11 is 0. The van der Waals surface area contributed by atoms with Gasteiger partial charge in [0.1, 0.15) is 11.0 Å². The minimum Gasteiger partial charge on any atom is -0.344 e. The van der Waals surface area contributed by atoms with Gasteiger partial charge in [0, 0.05) is 18.8 Å². The zero-order chi connectivity index (χ0) is 12.7. The number of nitrogens with one attached hydrogen (secondary N) is 1. The normalized spacial score (nSPS) is 11.0. The Hall–Kier alpha value is -2.36. The number of rotatable bonds is 1. The Balaban J connectivity index is 2.34. The smallest absolute Gasteiger partial charge is 0.275 e. The number of H-pyrrole nitrogens is 1. The average molecular weight is 239 g/mol. The van der Waals surface area contributed by atoms with Crippen molar-refractivity contribution >= 4 is 11.0 Å². The first-order valence-electron chi connectivity index (χ1n) is 5.76.